The Balaban J connectivity index is 2.54. The van der Waals surface area contributed by atoms with Crippen molar-refractivity contribution < 1.29 is 4.79 Å². The molecule has 1 aromatic rings. The minimum atomic E-state index is 0.190. The van der Waals surface area contributed by atoms with E-state index in [2.05, 4.69) is 15.9 Å². The molecule has 3 heteroatoms. The van der Waals surface area contributed by atoms with Gasteiger partial charge in [-0.05, 0) is 24.5 Å². The van der Waals surface area contributed by atoms with Gasteiger partial charge in [0.2, 0.25) is 5.91 Å². The average molecular weight is 284 g/mol. The number of hydrogen-bond donors (Lipinski definition) is 0. The van der Waals surface area contributed by atoms with E-state index in [0.717, 1.165) is 23.9 Å². The highest BCUT2D eigenvalue weighted by molar-refractivity contribution is 9.09. The summed E-state index contributed by atoms with van der Waals surface area (Å²) in [6.07, 6.45) is 1.50. The van der Waals surface area contributed by atoms with Gasteiger partial charge < -0.3 is 4.90 Å². The minimum absolute atomic E-state index is 0.190. The molecule has 1 amide bonds. The predicted octanol–water partition coefficient (Wildman–Crippen LogP) is 2.78. The number of halogens is 1. The summed E-state index contributed by atoms with van der Waals surface area (Å²) in [5, 5.41) is 0.939. The number of amides is 1. The Labute approximate surface area is 106 Å². The number of alkyl halides is 1. The zero-order valence-electron chi connectivity index (χ0n) is 9.87. The lowest BCUT2D eigenvalue weighted by Gasteiger charge is -2.17. The van der Waals surface area contributed by atoms with E-state index in [0.29, 0.717) is 6.42 Å². The maximum absolute atomic E-state index is 11.9. The molecule has 2 nitrogen and oxygen atoms in total. The van der Waals surface area contributed by atoms with E-state index in [9.17, 15) is 4.79 Å². The first kappa shape index (κ1) is 13.2. The molecule has 0 heterocycles. The monoisotopic (exact) mass is 283 g/mol. The summed E-state index contributed by atoms with van der Waals surface area (Å²) in [4.78, 5) is 13.7. The highest BCUT2D eigenvalue weighted by Gasteiger charge is 2.09. The molecule has 16 heavy (non-hydrogen) atoms. The number of rotatable bonds is 5. The largest absolute Gasteiger partial charge is 0.345 e. The Morgan fingerprint density at radius 2 is 2.06 bits per heavy atom. The van der Waals surface area contributed by atoms with Crippen LogP contribution in [-0.4, -0.2) is 29.7 Å². The van der Waals surface area contributed by atoms with Gasteiger partial charge in [-0.25, -0.2) is 0 Å². The molecule has 0 radical (unpaired) electrons. The average Bonchev–Trinajstić information content (AvgIpc) is 2.28. The fraction of sp³-hybridized carbons (Fsp3) is 0.462. The topological polar surface area (TPSA) is 20.3 Å². The summed E-state index contributed by atoms with van der Waals surface area (Å²) in [6.45, 7) is 2.86. The van der Waals surface area contributed by atoms with Crippen LogP contribution in [0.2, 0.25) is 0 Å². The second-order valence-electron chi connectivity index (χ2n) is 3.96. The van der Waals surface area contributed by atoms with Gasteiger partial charge in [-0.15, -0.1) is 0 Å². The number of aryl methyl sites for hydroxylation is 1. The summed E-state index contributed by atoms with van der Waals surface area (Å²) >= 11 is 3.37. The molecule has 0 N–H and O–H groups in total. The van der Waals surface area contributed by atoms with Crippen molar-refractivity contribution in [1.29, 1.82) is 0 Å². The fourth-order valence-corrected chi connectivity index (χ4v) is 1.78. The first-order valence-corrected chi connectivity index (χ1v) is 6.61. The van der Waals surface area contributed by atoms with E-state index in [-0.39, 0.29) is 5.91 Å². The van der Waals surface area contributed by atoms with Gasteiger partial charge in [0.1, 0.15) is 0 Å². The van der Waals surface area contributed by atoms with Gasteiger partial charge in [0.15, 0.2) is 0 Å². The van der Waals surface area contributed by atoms with Crippen molar-refractivity contribution >= 4 is 21.8 Å². The number of carbonyl (C=O) groups excluding carboxylic acids is 1. The molecule has 88 valence electrons. The van der Waals surface area contributed by atoms with Crippen LogP contribution in [0.15, 0.2) is 24.3 Å². The maximum atomic E-state index is 11.9. The number of nitrogens with zero attached hydrogens (tertiary/aromatic N) is 1. The third-order valence-corrected chi connectivity index (χ3v) is 3.22. The summed E-state index contributed by atoms with van der Waals surface area (Å²) in [5.74, 6) is 0.190. The van der Waals surface area contributed by atoms with Crippen molar-refractivity contribution in [1.82, 2.24) is 4.90 Å². The summed E-state index contributed by atoms with van der Waals surface area (Å²) in [5.41, 5.74) is 2.31. The van der Waals surface area contributed by atoms with Crippen LogP contribution in [0.1, 0.15) is 17.5 Å². The minimum Gasteiger partial charge on any atom is -0.345 e. The highest BCUT2D eigenvalue weighted by Crippen LogP contribution is 2.09. The molecule has 0 unspecified atom stereocenters. The maximum Gasteiger partial charge on any atom is 0.226 e. The molecular weight excluding hydrogens is 266 g/mol. The molecule has 1 aromatic carbocycles. The van der Waals surface area contributed by atoms with Gasteiger partial charge in [0, 0.05) is 18.9 Å². The summed E-state index contributed by atoms with van der Waals surface area (Å²) in [7, 11) is 1.86. The molecule has 0 saturated heterocycles. The van der Waals surface area contributed by atoms with Crippen LogP contribution in [0.4, 0.5) is 0 Å². The first-order valence-electron chi connectivity index (χ1n) is 5.49. The van der Waals surface area contributed by atoms with Gasteiger partial charge in [-0.2, -0.15) is 0 Å². The van der Waals surface area contributed by atoms with E-state index in [4.69, 9.17) is 0 Å². The third-order valence-electron chi connectivity index (χ3n) is 2.66. The molecular formula is C13H18BrNO. The highest BCUT2D eigenvalue weighted by atomic mass is 79.9. The Morgan fingerprint density at radius 1 is 1.38 bits per heavy atom. The van der Waals surface area contributed by atoms with Gasteiger partial charge >= 0.3 is 0 Å². The molecule has 1 rings (SSSR count). The normalized spacial score (nSPS) is 10.2. The van der Waals surface area contributed by atoms with Crippen LogP contribution in [0, 0.1) is 6.92 Å². The molecule has 0 bridgehead atoms. The van der Waals surface area contributed by atoms with Gasteiger partial charge in [0.05, 0.1) is 6.42 Å². The van der Waals surface area contributed by atoms with E-state index < -0.39 is 0 Å². The number of benzene rings is 1. The Morgan fingerprint density at radius 3 is 2.69 bits per heavy atom. The van der Waals surface area contributed by atoms with E-state index in [1.54, 1.807) is 4.90 Å². The Bertz CT molecular complexity index is 352. The summed E-state index contributed by atoms with van der Waals surface area (Å²) < 4.78 is 0. The van der Waals surface area contributed by atoms with Crippen LogP contribution in [0.5, 0.6) is 0 Å². The zero-order chi connectivity index (χ0) is 12.0. The molecule has 0 aliphatic heterocycles. The van der Waals surface area contributed by atoms with Crippen LogP contribution >= 0.6 is 15.9 Å². The van der Waals surface area contributed by atoms with Crippen molar-refractivity contribution in [2.45, 2.75) is 19.8 Å². The quantitative estimate of drug-likeness (QED) is 0.761. The van der Waals surface area contributed by atoms with Crippen molar-refractivity contribution in [2.75, 3.05) is 18.9 Å². The van der Waals surface area contributed by atoms with E-state index in [1.807, 2.05) is 38.2 Å². The standard InChI is InChI=1S/C13H18BrNO/c1-11-6-3-4-7-12(11)10-13(16)15(2)9-5-8-14/h3-4,6-7H,5,8-10H2,1-2H3. The molecule has 0 aromatic heterocycles. The van der Waals surface area contributed by atoms with Crippen molar-refractivity contribution in [2.24, 2.45) is 0 Å². The Hall–Kier alpha value is -0.830. The lowest BCUT2D eigenvalue weighted by molar-refractivity contribution is -0.129. The summed E-state index contributed by atoms with van der Waals surface area (Å²) in [6, 6.07) is 8.04. The lowest BCUT2D eigenvalue weighted by Crippen LogP contribution is -2.29. The SMILES string of the molecule is Cc1ccccc1CC(=O)N(C)CCCBr. The molecule has 0 aliphatic rings. The molecule has 0 saturated carbocycles. The van der Waals surface area contributed by atoms with Gasteiger partial charge in [-0.1, -0.05) is 40.2 Å². The number of hydrogen-bond acceptors (Lipinski definition) is 1. The van der Waals surface area contributed by atoms with Crippen LogP contribution < -0.4 is 0 Å². The second kappa shape index (κ2) is 6.69. The van der Waals surface area contributed by atoms with E-state index in [1.165, 1.54) is 5.56 Å². The molecule has 0 spiro atoms. The van der Waals surface area contributed by atoms with Crippen LogP contribution in [-0.2, 0) is 11.2 Å². The fourth-order valence-electron chi connectivity index (χ4n) is 1.53. The number of likely N-dealkylation sites (N-methyl/N-ethyl adjacent to an activating group) is 1. The van der Waals surface area contributed by atoms with Crippen LogP contribution in [0.25, 0.3) is 0 Å². The smallest absolute Gasteiger partial charge is 0.226 e. The zero-order valence-corrected chi connectivity index (χ0v) is 11.5. The van der Waals surface area contributed by atoms with Crippen molar-refractivity contribution in [3.8, 4) is 0 Å². The molecule has 0 aliphatic carbocycles. The van der Waals surface area contributed by atoms with E-state index >= 15 is 0 Å². The van der Waals surface area contributed by atoms with Crippen LogP contribution in [0.3, 0.4) is 0 Å². The predicted molar refractivity (Wildman–Crippen MR) is 70.9 cm³/mol. The van der Waals surface area contributed by atoms with Gasteiger partial charge in [-0.3, -0.25) is 4.79 Å². The number of carbonyl (C=O) groups is 1. The Kier molecular flexibility index (Phi) is 5.53. The third kappa shape index (κ3) is 3.97. The van der Waals surface area contributed by atoms with Crippen molar-refractivity contribution in [3.05, 3.63) is 35.4 Å². The molecule has 0 atom stereocenters. The second-order valence-corrected chi connectivity index (χ2v) is 4.75. The molecule has 0 fully saturated rings. The lowest BCUT2D eigenvalue weighted by atomic mass is 10.1. The first-order chi connectivity index (χ1) is 7.65. The van der Waals surface area contributed by atoms with Crippen molar-refractivity contribution in [3.63, 3.8) is 0 Å². The van der Waals surface area contributed by atoms with Gasteiger partial charge in [0.25, 0.3) is 0 Å².